The number of aryl methyl sites for hydroxylation is 1. The van der Waals surface area contributed by atoms with Crippen LogP contribution in [0, 0.1) is 6.92 Å². The SMILES string of the molecule is Cc1ccc(C(=O)Nc2nc3n(n2)C(c2ccccc2)C=C(c2ccc(Cl)cc2)N3)cc1.Cl. The summed E-state index contributed by atoms with van der Waals surface area (Å²) >= 11 is 6.06. The minimum Gasteiger partial charge on any atom is -0.324 e. The van der Waals surface area contributed by atoms with Crippen molar-refractivity contribution < 1.29 is 4.79 Å². The van der Waals surface area contributed by atoms with Crippen molar-refractivity contribution in [3.8, 4) is 0 Å². The summed E-state index contributed by atoms with van der Waals surface area (Å²) in [5.41, 5.74) is 4.58. The number of aromatic nitrogens is 3. The molecular weight excluding hydrogens is 457 g/mol. The summed E-state index contributed by atoms with van der Waals surface area (Å²) in [4.78, 5) is 17.2. The molecule has 4 aromatic rings. The van der Waals surface area contributed by atoms with Crippen LogP contribution in [0.25, 0.3) is 5.70 Å². The molecule has 0 spiro atoms. The molecule has 1 amide bonds. The Morgan fingerprint density at radius 1 is 1.00 bits per heavy atom. The molecule has 0 saturated heterocycles. The van der Waals surface area contributed by atoms with E-state index >= 15 is 0 Å². The monoisotopic (exact) mass is 477 g/mol. The van der Waals surface area contributed by atoms with E-state index in [-0.39, 0.29) is 30.3 Å². The fourth-order valence-corrected chi connectivity index (χ4v) is 3.74. The first-order valence-electron chi connectivity index (χ1n) is 10.2. The first-order chi connectivity index (χ1) is 15.6. The number of nitrogens with one attached hydrogen (secondary N) is 2. The molecule has 166 valence electrons. The first kappa shape index (κ1) is 22.6. The number of anilines is 2. The molecule has 1 aromatic heterocycles. The van der Waals surface area contributed by atoms with Crippen LogP contribution >= 0.6 is 24.0 Å². The van der Waals surface area contributed by atoms with Gasteiger partial charge in [-0.05, 0) is 48.4 Å². The number of carbonyl (C=O) groups excluding carboxylic acids is 1. The van der Waals surface area contributed by atoms with E-state index in [1.807, 2.05) is 73.7 Å². The van der Waals surface area contributed by atoms with Crippen LogP contribution in [0.4, 0.5) is 11.9 Å². The predicted octanol–water partition coefficient (Wildman–Crippen LogP) is 5.97. The number of hydrogen-bond donors (Lipinski definition) is 2. The summed E-state index contributed by atoms with van der Waals surface area (Å²) in [6.45, 7) is 1.98. The van der Waals surface area contributed by atoms with Gasteiger partial charge in [0.05, 0.1) is 0 Å². The van der Waals surface area contributed by atoms with E-state index in [0.717, 1.165) is 22.4 Å². The van der Waals surface area contributed by atoms with E-state index in [1.54, 1.807) is 16.8 Å². The average Bonchev–Trinajstić information content (AvgIpc) is 3.22. The molecule has 0 aliphatic carbocycles. The quantitative estimate of drug-likeness (QED) is 0.379. The highest BCUT2D eigenvalue weighted by atomic mass is 35.5. The minimum absolute atomic E-state index is 0. The van der Waals surface area contributed by atoms with Crippen molar-refractivity contribution in [3.05, 3.63) is 112 Å². The number of fused-ring (bicyclic) bond motifs is 1. The van der Waals surface area contributed by atoms with Gasteiger partial charge in [0, 0.05) is 16.3 Å². The van der Waals surface area contributed by atoms with Crippen LogP contribution in [-0.2, 0) is 0 Å². The van der Waals surface area contributed by atoms with Crippen molar-refractivity contribution in [1.29, 1.82) is 0 Å². The first-order valence-corrected chi connectivity index (χ1v) is 10.6. The van der Waals surface area contributed by atoms with E-state index < -0.39 is 0 Å². The van der Waals surface area contributed by atoms with E-state index in [2.05, 4.69) is 26.8 Å². The molecule has 2 heterocycles. The molecule has 5 rings (SSSR count). The maximum Gasteiger partial charge on any atom is 0.258 e. The number of rotatable bonds is 4. The number of carbonyl (C=O) groups is 1. The molecule has 1 unspecified atom stereocenters. The number of benzene rings is 3. The van der Waals surface area contributed by atoms with Gasteiger partial charge in [-0.2, -0.15) is 4.98 Å². The summed E-state index contributed by atoms with van der Waals surface area (Å²) in [5.74, 6) is 0.533. The van der Waals surface area contributed by atoms with E-state index in [0.29, 0.717) is 16.5 Å². The van der Waals surface area contributed by atoms with Gasteiger partial charge in [0.15, 0.2) is 0 Å². The van der Waals surface area contributed by atoms with Gasteiger partial charge < -0.3 is 5.32 Å². The molecule has 0 fully saturated rings. The van der Waals surface area contributed by atoms with Crippen molar-refractivity contribution in [1.82, 2.24) is 14.8 Å². The largest absolute Gasteiger partial charge is 0.324 e. The molecule has 0 bridgehead atoms. The number of halogens is 2. The van der Waals surface area contributed by atoms with Gasteiger partial charge in [0.2, 0.25) is 5.95 Å². The molecule has 8 heteroatoms. The van der Waals surface area contributed by atoms with Crippen LogP contribution in [-0.4, -0.2) is 20.7 Å². The highest BCUT2D eigenvalue weighted by Crippen LogP contribution is 2.33. The van der Waals surface area contributed by atoms with Crippen LogP contribution in [0.5, 0.6) is 0 Å². The number of amides is 1. The summed E-state index contributed by atoms with van der Waals surface area (Å²) < 4.78 is 1.78. The Bertz CT molecular complexity index is 1300. The molecule has 0 radical (unpaired) electrons. The highest BCUT2D eigenvalue weighted by Gasteiger charge is 2.25. The zero-order valence-electron chi connectivity index (χ0n) is 17.7. The van der Waals surface area contributed by atoms with Crippen molar-refractivity contribution >= 4 is 47.5 Å². The van der Waals surface area contributed by atoms with E-state index in [9.17, 15) is 4.79 Å². The molecule has 1 aliphatic rings. The third-order valence-electron chi connectivity index (χ3n) is 5.30. The van der Waals surface area contributed by atoms with Crippen LogP contribution in [0.3, 0.4) is 0 Å². The van der Waals surface area contributed by atoms with Crippen molar-refractivity contribution in [2.45, 2.75) is 13.0 Å². The summed E-state index contributed by atoms with van der Waals surface area (Å²) in [6, 6.07) is 24.8. The van der Waals surface area contributed by atoms with Gasteiger partial charge >= 0.3 is 0 Å². The molecule has 6 nitrogen and oxygen atoms in total. The maximum absolute atomic E-state index is 12.7. The maximum atomic E-state index is 12.7. The van der Waals surface area contributed by atoms with E-state index in [4.69, 9.17) is 11.6 Å². The topological polar surface area (TPSA) is 71.8 Å². The summed E-state index contributed by atoms with van der Waals surface area (Å²) in [5, 5.41) is 11.4. The van der Waals surface area contributed by atoms with E-state index in [1.165, 1.54) is 0 Å². The Morgan fingerprint density at radius 3 is 2.39 bits per heavy atom. The van der Waals surface area contributed by atoms with Crippen LogP contribution in [0.2, 0.25) is 5.02 Å². The Morgan fingerprint density at radius 2 is 1.70 bits per heavy atom. The van der Waals surface area contributed by atoms with Gasteiger partial charge in [-0.3, -0.25) is 10.1 Å². The van der Waals surface area contributed by atoms with Crippen molar-refractivity contribution in [3.63, 3.8) is 0 Å². The predicted molar refractivity (Wildman–Crippen MR) is 134 cm³/mol. The average molecular weight is 478 g/mol. The third kappa shape index (κ3) is 4.77. The second-order valence-corrected chi connectivity index (χ2v) is 8.03. The second-order valence-electron chi connectivity index (χ2n) is 7.59. The lowest BCUT2D eigenvalue weighted by molar-refractivity contribution is 0.102. The molecule has 3 aromatic carbocycles. The molecule has 2 N–H and O–H groups in total. The lowest BCUT2D eigenvalue weighted by Crippen LogP contribution is -2.20. The molecular formula is C25H21Cl2N5O. The highest BCUT2D eigenvalue weighted by molar-refractivity contribution is 6.30. The van der Waals surface area contributed by atoms with Crippen LogP contribution in [0.1, 0.15) is 33.1 Å². The Kier molecular flexibility index (Phi) is 6.49. The Balaban J connectivity index is 0.00000259. The smallest absolute Gasteiger partial charge is 0.258 e. The lowest BCUT2D eigenvalue weighted by Gasteiger charge is -2.24. The zero-order chi connectivity index (χ0) is 22.1. The minimum atomic E-state index is -0.255. The van der Waals surface area contributed by atoms with Crippen LogP contribution < -0.4 is 10.6 Å². The van der Waals surface area contributed by atoms with Gasteiger partial charge in [0.1, 0.15) is 6.04 Å². The normalized spacial score (nSPS) is 14.4. The fraction of sp³-hybridized carbons (Fsp3) is 0.0800. The molecule has 1 aliphatic heterocycles. The number of nitrogens with zero attached hydrogens (tertiary/aromatic N) is 3. The number of allylic oxidation sites excluding steroid dienone is 1. The fourth-order valence-electron chi connectivity index (χ4n) is 3.61. The van der Waals surface area contributed by atoms with Crippen LogP contribution in [0.15, 0.2) is 84.9 Å². The van der Waals surface area contributed by atoms with Crippen molar-refractivity contribution in [2.24, 2.45) is 0 Å². The molecule has 1 atom stereocenters. The van der Waals surface area contributed by atoms with Gasteiger partial charge in [-0.1, -0.05) is 71.8 Å². The molecule has 0 saturated carbocycles. The Hall–Kier alpha value is -3.61. The van der Waals surface area contributed by atoms with Gasteiger partial charge in [-0.15, -0.1) is 17.5 Å². The van der Waals surface area contributed by atoms with Gasteiger partial charge in [0.25, 0.3) is 11.9 Å². The number of hydrogen-bond acceptors (Lipinski definition) is 4. The summed E-state index contributed by atoms with van der Waals surface area (Å²) in [6.07, 6.45) is 2.09. The zero-order valence-corrected chi connectivity index (χ0v) is 19.3. The van der Waals surface area contributed by atoms with Crippen molar-refractivity contribution in [2.75, 3.05) is 10.6 Å². The van der Waals surface area contributed by atoms with Gasteiger partial charge in [-0.25, -0.2) is 4.68 Å². The second kappa shape index (κ2) is 9.48. The summed E-state index contributed by atoms with van der Waals surface area (Å²) in [7, 11) is 0. The lowest BCUT2D eigenvalue weighted by atomic mass is 10.0. The molecule has 33 heavy (non-hydrogen) atoms. The Labute approximate surface area is 202 Å². The third-order valence-corrected chi connectivity index (χ3v) is 5.55. The standard InChI is InChI=1S/C25H20ClN5O.ClH/c1-16-7-9-19(10-8-16)23(32)28-24-29-25-27-21(17-11-13-20(26)14-12-17)15-22(31(25)30-24)18-5-3-2-4-6-18;/h2-15,22H,1H3,(H2,27,28,29,30,32);1H.